The molecule has 34 heavy (non-hydrogen) atoms. The molecule has 174 valence electrons. The lowest BCUT2D eigenvalue weighted by Gasteiger charge is -2.21. The van der Waals surface area contributed by atoms with E-state index in [0.29, 0.717) is 22.6 Å². The first-order valence-electron chi connectivity index (χ1n) is 10.9. The molecule has 3 heterocycles. The fraction of sp³-hybridized carbons (Fsp3) is 0.292. The maximum atomic E-state index is 14.1. The van der Waals surface area contributed by atoms with E-state index < -0.39 is 17.8 Å². The highest BCUT2D eigenvalue weighted by Gasteiger charge is 2.24. The minimum atomic E-state index is -0.855. The Morgan fingerprint density at radius 3 is 2.79 bits per heavy atom. The number of carbonyl (C=O) groups excluding carboxylic acids is 1. The summed E-state index contributed by atoms with van der Waals surface area (Å²) in [5, 5.41) is 7.26. The number of rotatable bonds is 6. The summed E-state index contributed by atoms with van der Waals surface area (Å²) in [7, 11) is 0. The van der Waals surface area contributed by atoms with Gasteiger partial charge in [0.05, 0.1) is 10.5 Å². The van der Waals surface area contributed by atoms with Crippen molar-refractivity contribution in [2.24, 2.45) is 5.92 Å². The van der Waals surface area contributed by atoms with Gasteiger partial charge in [0.25, 0.3) is 11.8 Å². The Kier molecular flexibility index (Phi) is 6.46. The minimum Gasteiger partial charge on any atom is -0.381 e. The molecule has 1 aliphatic rings. The summed E-state index contributed by atoms with van der Waals surface area (Å²) in [6, 6.07) is 8.58. The monoisotopic (exact) mass is 481 g/mol. The number of halogens is 2. The van der Waals surface area contributed by atoms with Gasteiger partial charge in [0.1, 0.15) is 17.7 Å². The average molecular weight is 482 g/mol. The molecule has 0 aliphatic carbocycles. The second kappa shape index (κ2) is 9.82. The lowest BCUT2D eigenvalue weighted by Crippen LogP contribution is -2.29. The van der Waals surface area contributed by atoms with Gasteiger partial charge >= 0.3 is 0 Å². The second-order valence-corrected chi connectivity index (χ2v) is 8.59. The van der Waals surface area contributed by atoms with E-state index in [1.165, 1.54) is 18.5 Å². The van der Waals surface area contributed by atoms with Crippen LogP contribution in [0, 0.1) is 11.7 Å². The van der Waals surface area contributed by atoms with Crippen LogP contribution < -0.4 is 5.32 Å². The van der Waals surface area contributed by atoms with Crippen LogP contribution in [0.1, 0.15) is 46.5 Å². The number of nitrogens with one attached hydrogen (secondary N) is 1. The lowest BCUT2D eigenvalue weighted by atomic mass is 9.96. The quantitative estimate of drug-likeness (QED) is 0.438. The summed E-state index contributed by atoms with van der Waals surface area (Å²) < 4.78 is 24.7. The number of amides is 1. The minimum absolute atomic E-state index is 0.0230. The molecular weight excluding hydrogens is 461 g/mol. The molecule has 1 saturated heterocycles. The summed E-state index contributed by atoms with van der Waals surface area (Å²) in [6.45, 7) is 1.53. The van der Waals surface area contributed by atoms with Gasteiger partial charge in [0.15, 0.2) is 6.33 Å². The van der Waals surface area contributed by atoms with Crippen molar-refractivity contribution in [2.75, 3.05) is 13.2 Å². The van der Waals surface area contributed by atoms with Crippen molar-refractivity contribution >= 4 is 28.4 Å². The van der Waals surface area contributed by atoms with E-state index in [4.69, 9.17) is 20.9 Å². The summed E-state index contributed by atoms with van der Waals surface area (Å²) in [5.74, 6) is 0.351. The number of ether oxygens (including phenoxy) is 1. The molecule has 0 radical (unpaired) electrons. The van der Waals surface area contributed by atoms with Gasteiger partial charge in [-0.1, -0.05) is 28.9 Å². The van der Waals surface area contributed by atoms with Gasteiger partial charge in [0.2, 0.25) is 0 Å². The summed E-state index contributed by atoms with van der Waals surface area (Å²) >= 11 is 5.81. The topological polar surface area (TPSA) is 103 Å². The van der Waals surface area contributed by atoms with Crippen LogP contribution in [-0.2, 0) is 11.2 Å². The van der Waals surface area contributed by atoms with Gasteiger partial charge < -0.3 is 14.6 Å². The van der Waals surface area contributed by atoms with Gasteiger partial charge in [-0.15, -0.1) is 0 Å². The smallest absolute Gasteiger partial charge is 0.253 e. The van der Waals surface area contributed by atoms with Crippen LogP contribution in [0.5, 0.6) is 0 Å². The Balaban J connectivity index is 1.40. The SMILES string of the molecule is O=C(NC(c1ccc(Cl)c(F)c1)c1ncno1)c1ccc2cnc(CC3CCOCC3)nc2c1. The highest BCUT2D eigenvalue weighted by Crippen LogP contribution is 2.25. The zero-order valence-corrected chi connectivity index (χ0v) is 18.8. The van der Waals surface area contributed by atoms with Crippen molar-refractivity contribution in [1.29, 1.82) is 0 Å². The summed E-state index contributed by atoms with van der Waals surface area (Å²) in [4.78, 5) is 26.3. The Morgan fingerprint density at radius 1 is 1.18 bits per heavy atom. The van der Waals surface area contributed by atoms with Crippen LogP contribution in [0.15, 0.2) is 53.4 Å². The van der Waals surface area contributed by atoms with Gasteiger partial charge in [0, 0.05) is 36.8 Å². The summed E-state index contributed by atoms with van der Waals surface area (Å²) in [6.07, 6.45) is 5.75. The van der Waals surface area contributed by atoms with Crippen molar-refractivity contribution < 1.29 is 18.4 Å². The molecular formula is C24H21ClFN5O3. The zero-order valence-electron chi connectivity index (χ0n) is 18.1. The van der Waals surface area contributed by atoms with E-state index in [9.17, 15) is 9.18 Å². The van der Waals surface area contributed by atoms with Gasteiger partial charge in [-0.05, 0) is 48.6 Å². The maximum Gasteiger partial charge on any atom is 0.253 e. The zero-order chi connectivity index (χ0) is 23.5. The molecule has 1 atom stereocenters. The molecule has 1 aliphatic heterocycles. The van der Waals surface area contributed by atoms with Crippen molar-refractivity contribution in [3.05, 3.63) is 82.6 Å². The van der Waals surface area contributed by atoms with Crippen molar-refractivity contribution in [2.45, 2.75) is 25.3 Å². The Hall–Kier alpha value is -3.43. The predicted octanol–water partition coefficient (Wildman–Crippen LogP) is 4.29. The number of aromatic nitrogens is 4. The third-order valence-electron chi connectivity index (χ3n) is 5.88. The third-order valence-corrected chi connectivity index (χ3v) is 6.19. The summed E-state index contributed by atoms with van der Waals surface area (Å²) in [5.41, 5.74) is 1.49. The maximum absolute atomic E-state index is 14.1. The van der Waals surface area contributed by atoms with Crippen molar-refractivity contribution in [3.63, 3.8) is 0 Å². The molecule has 0 bridgehead atoms. The first-order valence-corrected chi connectivity index (χ1v) is 11.3. The molecule has 1 N–H and O–H groups in total. The van der Waals surface area contributed by atoms with Crippen molar-refractivity contribution in [3.8, 4) is 0 Å². The van der Waals surface area contributed by atoms with E-state index in [1.54, 1.807) is 30.5 Å². The Morgan fingerprint density at radius 2 is 2.03 bits per heavy atom. The van der Waals surface area contributed by atoms with E-state index in [2.05, 4.69) is 25.4 Å². The first-order chi connectivity index (χ1) is 16.6. The van der Waals surface area contributed by atoms with E-state index >= 15 is 0 Å². The number of hydrogen-bond acceptors (Lipinski definition) is 7. The molecule has 4 aromatic rings. The highest BCUT2D eigenvalue weighted by atomic mass is 35.5. The molecule has 1 fully saturated rings. The molecule has 5 rings (SSSR count). The molecule has 1 unspecified atom stereocenters. The molecule has 0 spiro atoms. The Labute approximate surface area is 199 Å². The van der Waals surface area contributed by atoms with E-state index in [-0.39, 0.29) is 10.9 Å². The Bertz CT molecular complexity index is 1310. The van der Waals surface area contributed by atoms with Gasteiger partial charge in [-0.25, -0.2) is 14.4 Å². The number of carbonyl (C=O) groups is 1. The normalized spacial score (nSPS) is 15.4. The largest absolute Gasteiger partial charge is 0.381 e. The van der Waals surface area contributed by atoms with Gasteiger partial charge in [-0.3, -0.25) is 4.79 Å². The van der Waals surface area contributed by atoms with E-state index in [1.807, 2.05) is 0 Å². The van der Waals surface area contributed by atoms with Crippen LogP contribution in [0.4, 0.5) is 4.39 Å². The lowest BCUT2D eigenvalue weighted by molar-refractivity contribution is 0.0660. The fourth-order valence-electron chi connectivity index (χ4n) is 4.01. The van der Waals surface area contributed by atoms with Crippen LogP contribution in [0.3, 0.4) is 0 Å². The highest BCUT2D eigenvalue weighted by molar-refractivity contribution is 6.30. The van der Waals surface area contributed by atoms with Crippen LogP contribution >= 0.6 is 11.6 Å². The standard InChI is InChI=1S/C24H21ClFN5O3/c25-18-4-3-15(10-19(18)26)22(24-28-13-29-34-24)31-23(32)16-1-2-17-12-27-21(30-20(17)11-16)9-14-5-7-33-8-6-14/h1-4,10-14,22H,5-9H2,(H,31,32). The molecule has 1 amide bonds. The third kappa shape index (κ3) is 4.90. The average Bonchev–Trinajstić information content (AvgIpc) is 3.39. The number of hydrogen-bond donors (Lipinski definition) is 1. The van der Waals surface area contributed by atoms with Crippen LogP contribution in [0.2, 0.25) is 5.02 Å². The first kappa shape index (κ1) is 22.4. The number of fused-ring (bicyclic) bond motifs is 1. The number of benzene rings is 2. The molecule has 0 saturated carbocycles. The molecule has 10 heteroatoms. The fourth-order valence-corrected chi connectivity index (χ4v) is 4.13. The second-order valence-electron chi connectivity index (χ2n) is 8.18. The molecule has 2 aromatic heterocycles. The van der Waals surface area contributed by atoms with Crippen molar-refractivity contribution in [1.82, 2.24) is 25.4 Å². The molecule has 2 aromatic carbocycles. The predicted molar refractivity (Wildman–Crippen MR) is 122 cm³/mol. The van der Waals surface area contributed by atoms with Crippen LogP contribution in [0.25, 0.3) is 10.9 Å². The molecule has 8 nitrogen and oxygen atoms in total. The van der Waals surface area contributed by atoms with E-state index in [0.717, 1.165) is 43.7 Å². The van der Waals surface area contributed by atoms with Gasteiger partial charge in [-0.2, -0.15) is 4.98 Å². The van der Waals surface area contributed by atoms with Crippen LogP contribution in [-0.4, -0.2) is 39.2 Å². The number of nitrogens with zero attached hydrogens (tertiary/aromatic N) is 4.